The summed E-state index contributed by atoms with van der Waals surface area (Å²) in [5, 5.41) is 0. The highest BCUT2D eigenvalue weighted by molar-refractivity contribution is 5.15. The van der Waals surface area contributed by atoms with Crippen LogP contribution in [0.15, 0.2) is 42.7 Å². The average molecular weight is 300 g/mol. The van der Waals surface area contributed by atoms with Crippen molar-refractivity contribution in [2.24, 2.45) is 0 Å². The molecule has 2 nitrogen and oxygen atoms in total. The molecule has 2 heteroatoms. The maximum absolute atomic E-state index is 2.55. The number of hydrogen-bond acceptors (Lipinski definition) is 2. The Morgan fingerprint density at radius 1 is 0.818 bits per heavy atom. The summed E-state index contributed by atoms with van der Waals surface area (Å²) in [6.45, 7) is 6.78. The lowest BCUT2D eigenvalue weighted by Crippen LogP contribution is -2.38. The van der Waals surface area contributed by atoms with E-state index in [1.165, 1.54) is 57.1 Å². The minimum Gasteiger partial charge on any atom is -0.356 e. The summed E-state index contributed by atoms with van der Waals surface area (Å²) in [6.07, 6.45) is 14.4. The molecular weight excluding hydrogens is 268 g/mol. The molecule has 1 aromatic carbocycles. The van der Waals surface area contributed by atoms with Crippen molar-refractivity contribution in [2.45, 2.75) is 71.5 Å². The lowest BCUT2D eigenvalue weighted by atomic mass is 10.1. The summed E-state index contributed by atoms with van der Waals surface area (Å²) in [7, 11) is 0. The number of hydrogen-bond donors (Lipinski definition) is 0. The zero-order valence-electron chi connectivity index (χ0n) is 14.4. The van der Waals surface area contributed by atoms with E-state index in [1.54, 1.807) is 0 Å². The van der Waals surface area contributed by atoms with E-state index in [4.69, 9.17) is 0 Å². The van der Waals surface area contributed by atoms with Gasteiger partial charge in [-0.2, -0.15) is 0 Å². The fourth-order valence-corrected chi connectivity index (χ4v) is 3.16. The van der Waals surface area contributed by atoms with Crippen LogP contribution < -0.4 is 0 Å². The Labute approximate surface area is 136 Å². The van der Waals surface area contributed by atoms with Gasteiger partial charge in [0, 0.05) is 25.5 Å². The molecule has 1 atom stereocenters. The Hall–Kier alpha value is -1.44. The molecule has 1 aromatic rings. The van der Waals surface area contributed by atoms with Crippen molar-refractivity contribution in [1.82, 2.24) is 9.80 Å². The zero-order valence-corrected chi connectivity index (χ0v) is 14.4. The van der Waals surface area contributed by atoms with Gasteiger partial charge < -0.3 is 9.80 Å². The van der Waals surface area contributed by atoms with E-state index in [0.29, 0.717) is 6.17 Å². The first kappa shape index (κ1) is 16.9. The molecule has 1 unspecified atom stereocenters. The smallest absolute Gasteiger partial charge is 0.101 e. The highest BCUT2D eigenvalue weighted by Gasteiger charge is 2.25. The van der Waals surface area contributed by atoms with Gasteiger partial charge in [-0.15, -0.1) is 0 Å². The third kappa shape index (κ3) is 5.08. The van der Waals surface area contributed by atoms with E-state index in [0.717, 1.165) is 6.54 Å². The van der Waals surface area contributed by atoms with Gasteiger partial charge in [0.1, 0.15) is 6.17 Å². The molecule has 0 saturated carbocycles. The summed E-state index contributed by atoms with van der Waals surface area (Å²) in [5.41, 5.74) is 1.41. The largest absolute Gasteiger partial charge is 0.356 e. The highest BCUT2D eigenvalue weighted by Crippen LogP contribution is 2.24. The Balaban J connectivity index is 1.92. The number of unbranched alkanes of at least 4 members (excludes halogenated alkanes) is 4. The maximum atomic E-state index is 2.55. The molecule has 0 saturated heterocycles. The zero-order chi connectivity index (χ0) is 15.6. The summed E-state index contributed by atoms with van der Waals surface area (Å²) >= 11 is 0. The minimum absolute atomic E-state index is 0.559. The quantitative estimate of drug-likeness (QED) is 0.536. The van der Waals surface area contributed by atoms with E-state index >= 15 is 0 Å². The molecule has 0 bridgehead atoms. The average Bonchev–Trinajstić information content (AvgIpc) is 2.92. The third-order valence-corrected chi connectivity index (χ3v) is 4.51. The van der Waals surface area contributed by atoms with E-state index < -0.39 is 0 Å². The molecule has 0 aromatic heterocycles. The second-order valence-electron chi connectivity index (χ2n) is 6.38. The Kier molecular flexibility index (Phi) is 7.35. The van der Waals surface area contributed by atoms with Gasteiger partial charge in [-0.3, -0.25) is 0 Å². The maximum Gasteiger partial charge on any atom is 0.101 e. The predicted molar refractivity (Wildman–Crippen MR) is 95.3 cm³/mol. The molecule has 0 radical (unpaired) electrons. The van der Waals surface area contributed by atoms with Gasteiger partial charge in [-0.1, -0.05) is 69.9 Å². The number of rotatable bonds is 10. The van der Waals surface area contributed by atoms with Gasteiger partial charge in [0.15, 0.2) is 0 Å². The van der Waals surface area contributed by atoms with Gasteiger partial charge in [-0.25, -0.2) is 0 Å². The van der Waals surface area contributed by atoms with Crippen LogP contribution in [0.1, 0.15) is 64.4 Å². The van der Waals surface area contributed by atoms with E-state index in [9.17, 15) is 0 Å². The van der Waals surface area contributed by atoms with E-state index in [1.807, 2.05) is 0 Å². The second kappa shape index (κ2) is 9.55. The normalized spacial score (nSPS) is 17.5. The van der Waals surface area contributed by atoms with E-state index in [-0.39, 0.29) is 0 Å². The molecule has 122 valence electrons. The van der Waals surface area contributed by atoms with Crippen LogP contribution >= 0.6 is 0 Å². The van der Waals surface area contributed by atoms with Gasteiger partial charge in [0.05, 0.1) is 0 Å². The molecule has 0 spiro atoms. The van der Waals surface area contributed by atoms with Crippen LogP contribution in [-0.4, -0.2) is 22.5 Å². The van der Waals surface area contributed by atoms with Crippen molar-refractivity contribution in [3.05, 3.63) is 48.3 Å². The summed E-state index contributed by atoms with van der Waals surface area (Å²) in [5.74, 6) is 0. The molecule has 1 aliphatic rings. The molecular formula is C20H32N2. The van der Waals surface area contributed by atoms with E-state index in [2.05, 4.69) is 66.4 Å². The molecule has 22 heavy (non-hydrogen) atoms. The molecule has 0 N–H and O–H groups in total. The van der Waals surface area contributed by atoms with Crippen LogP contribution in [0.25, 0.3) is 0 Å². The lowest BCUT2D eigenvalue weighted by molar-refractivity contribution is 0.133. The van der Waals surface area contributed by atoms with Crippen molar-refractivity contribution in [3.8, 4) is 0 Å². The molecule has 1 heterocycles. The fraction of sp³-hybridized carbons (Fsp3) is 0.600. The fourth-order valence-electron chi connectivity index (χ4n) is 3.16. The highest BCUT2D eigenvalue weighted by atomic mass is 15.4. The van der Waals surface area contributed by atoms with Crippen LogP contribution in [0, 0.1) is 0 Å². The number of benzene rings is 1. The Morgan fingerprint density at radius 2 is 1.55 bits per heavy atom. The summed E-state index contributed by atoms with van der Waals surface area (Å²) in [6, 6.07) is 10.8. The monoisotopic (exact) mass is 300 g/mol. The minimum atomic E-state index is 0.559. The molecule has 0 fully saturated rings. The number of nitrogens with zero attached hydrogens (tertiary/aromatic N) is 2. The van der Waals surface area contributed by atoms with Crippen LogP contribution in [0.3, 0.4) is 0 Å². The third-order valence-electron chi connectivity index (χ3n) is 4.51. The van der Waals surface area contributed by atoms with Crippen molar-refractivity contribution >= 4 is 0 Å². The van der Waals surface area contributed by atoms with Crippen molar-refractivity contribution in [1.29, 1.82) is 0 Å². The molecule has 2 rings (SSSR count). The second-order valence-corrected chi connectivity index (χ2v) is 6.38. The molecule has 0 aliphatic carbocycles. The Bertz CT molecular complexity index is 427. The molecule has 1 aliphatic heterocycles. The van der Waals surface area contributed by atoms with Crippen molar-refractivity contribution in [3.63, 3.8) is 0 Å². The SMILES string of the molecule is CCCCCCC1N(CCCC)C=CN1Cc1ccccc1. The van der Waals surface area contributed by atoms with Crippen LogP contribution in [0.5, 0.6) is 0 Å². The topological polar surface area (TPSA) is 6.48 Å². The van der Waals surface area contributed by atoms with Gasteiger partial charge in [-0.05, 0) is 24.8 Å². The lowest BCUT2D eigenvalue weighted by Gasteiger charge is -2.33. The van der Waals surface area contributed by atoms with Crippen molar-refractivity contribution in [2.75, 3.05) is 6.54 Å². The van der Waals surface area contributed by atoms with Gasteiger partial charge >= 0.3 is 0 Å². The predicted octanol–water partition coefficient (Wildman–Crippen LogP) is 5.37. The van der Waals surface area contributed by atoms with Gasteiger partial charge in [0.25, 0.3) is 0 Å². The van der Waals surface area contributed by atoms with Crippen LogP contribution in [0.2, 0.25) is 0 Å². The summed E-state index contributed by atoms with van der Waals surface area (Å²) < 4.78 is 0. The summed E-state index contributed by atoms with van der Waals surface area (Å²) in [4.78, 5) is 5.08. The first-order valence-corrected chi connectivity index (χ1v) is 9.09. The first-order valence-electron chi connectivity index (χ1n) is 9.09. The van der Waals surface area contributed by atoms with Crippen LogP contribution in [0.4, 0.5) is 0 Å². The Morgan fingerprint density at radius 3 is 2.27 bits per heavy atom. The van der Waals surface area contributed by atoms with Gasteiger partial charge in [0.2, 0.25) is 0 Å². The first-order chi connectivity index (χ1) is 10.8. The molecule has 0 amide bonds. The van der Waals surface area contributed by atoms with Crippen molar-refractivity contribution < 1.29 is 0 Å². The standard InChI is InChI=1S/C20H32N2/c1-3-5-7-11-14-20-21(15-6-4-2)16-17-22(20)18-19-12-9-8-10-13-19/h8-10,12-13,16-17,20H,3-7,11,14-15,18H2,1-2H3. The van der Waals surface area contributed by atoms with Crippen LogP contribution in [-0.2, 0) is 6.54 Å².